The monoisotopic (exact) mass is 230 g/mol. The van der Waals surface area contributed by atoms with Gasteiger partial charge in [0.2, 0.25) is 0 Å². The molecule has 2 atom stereocenters. The first kappa shape index (κ1) is 12.0. The van der Waals surface area contributed by atoms with Crippen LogP contribution in [-0.2, 0) is 19.1 Å². The summed E-state index contributed by atoms with van der Waals surface area (Å²) in [6.45, 7) is 3.10. The van der Waals surface area contributed by atoms with E-state index in [1.807, 2.05) is 0 Å². The van der Waals surface area contributed by atoms with Crippen molar-refractivity contribution in [1.29, 1.82) is 0 Å². The zero-order valence-electron chi connectivity index (χ0n) is 8.21. The summed E-state index contributed by atoms with van der Waals surface area (Å²) in [5, 5.41) is 17.4. The Hall–Kier alpha value is -2.05. The molecule has 1 aliphatic rings. The Morgan fingerprint density at radius 1 is 1.50 bits per heavy atom. The minimum absolute atomic E-state index is 0.0739. The van der Waals surface area contributed by atoms with Crippen LogP contribution in [0.1, 0.15) is 6.42 Å². The fourth-order valence-electron chi connectivity index (χ4n) is 1.29. The molecule has 7 nitrogen and oxygen atoms in total. The SMILES string of the molecule is C=C(C(=O)O)C(CC1COC(=O)O1)C(=O)O. The quantitative estimate of drug-likeness (QED) is 0.514. The summed E-state index contributed by atoms with van der Waals surface area (Å²) in [7, 11) is 0. The van der Waals surface area contributed by atoms with Crippen molar-refractivity contribution in [2.45, 2.75) is 12.5 Å². The van der Waals surface area contributed by atoms with E-state index in [0.717, 1.165) is 0 Å². The second-order valence-corrected chi connectivity index (χ2v) is 3.26. The van der Waals surface area contributed by atoms with Crippen molar-refractivity contribution >= 4 is 18.1 Å². The van der Waals surface area contributed by atoms with E-state index < -0.39 is 35.7 Å². The van der Waals surface area contributed by atoms with Crippen molar-refractivity contribution < 1.29 is 34.1 Å². The molecule has 0 aromatic heterocycles. The predicted octanol–water partition coefficient (Wildman–Crippen LogP) is 0.254. The number of carbonyl (C=O) groups is 3. The van der Waals surface area contributed by atoms with Crippen molar-refractivity contribution in [3.8, 4) is 0 Å². The number of carbonyl (C=O) groups excluding carboxylic acids is 1. The normalized spacial score (nSPS) is 20.8. The summed E-state index contributed by atoms with van der Waals surface area (Å²) in [6, 6.07) is 0. The topological polar surface area (TPSA) is 110 Å². The van der Waals surface area contributed by atoms with E-state index in [1.165, 1.54) is 0 Å². The smallest absolute Gasteiger partial charge is 0.481 e. The van der Waals surface area contributed by atoms with Crippen LogP contribution in [0.2, 0.25) is 0 Å². The molecule has 7 heteroatoms. The fourth-order valence-corrected chi connectivity index (χ4v) is 1.29. The van der Waals surface area contributed by atoms with E-state index in [-0.39, 0.29) is 13.0 Å². The standard InChI is InChI=1S/C9H10O7/c1-4(7(10)11)6(8(12)13)2-5-3-15-9(14)16-5/h5-6H,1-3H2,(H,10,11)(H,12,13). The van der Waals surface area contributed by atoms with E-state index in [1.54, 1.807) is 0 Å². The van der Waals surface area contributed by atoms with Crippen LogP contribution < -0.4 is 0 Å². The third kappa shape index (κ3) is 2.72. The van der Waals surface area contributed by atoms with Crippen LogP contribution in [0.4, 0.5) is 4.79 Å². The number of carboxylic acids is 2. The van der Waals surface area contributed by atoms with Crippen LogP contribution in [0.15, 0.2) is 12.2 Å². The lowest BCUT2D eigenvalue weighted by molar-refractivity contribution is -0.144. The van der Waals surface area contributed by atoms with E-state index >= 15 is 0 Å². The largest absolute Gasteiger partial charge is 0.508 e. The van der Waals surface area contributed by atoms with Gasteiger partial charge >= 0.3 is 18.1 Å². The third-order valence-electron chi connectivity index (χ3n) is 2.14. The lowest BCUT2D eigenvalue weighted by Gasteiger charge is -2.14. The van der Waals surface area contributed by atoms with Gasteiger partial charge in [-0.2, -0.15) is 0 Å². The first-order valence-corrected chi connectivity index (χ1v) is 4.40. The van der Waals surface area contributed by atoms with E-state index in [0.29, 0.717) is 0 Å². The van der Waals surface area contributed by atoms with E-state index in [2.05, 4.69) is 16.1 Å². The molecule has 0 amide bonds. The Bertz CT molecular complexity index is 346. The summed E-state index contributed by atoms with van der Waals surface area (Å²) < 4.78 is 9.07. The van der Waals surface area contributed by atoms with Crippen molar-refractivity contribution in [3.63, 3.8) is 0 Å². The number of ether oxygens (including phenoxy) is 2. The first-order valence-electron chi connectivity index (χ1n) is 4.40. The molecule has 1 saturated heterocycles. The maximum absolute atomic E-state index is 10.8. The molecule has 88 valence electrons. The van der Waals surface area contributed by atoms with Gasteiger partial charge in [-0.1, -0.05) is 6.58 Å². The Kier molecular flexibility index (Phi) is 3.49. The number of hydrogen-bond donors (Lipinski definition) is 2. The number of carboxylic acid groups (broad SMARTS) is 2. The highest BCUT2D eigenvalue weighted by Gasteiger charge is 2.34. The summed E-state index contributed by atoms with van der Waals surface area (Å²) >= 11 is 0. The fraction of sp³-hybridized carbons (Fsp3) is 0.444. The maximum Gasteiger partial charge on any atom is 0.508 e. The first-order chi connectivity index (χ1) is 7.41. The molecular formula is C9H10O7. The van der Waals surface area contributed by atoms with Crippen LogP contribution in [0.25, 0.3) is 0 Å². The number of aliphatic carboxylic acids is 2. The second kappa shape index (κ2) is 4.65. The van der Waals surface area contributed by atoms with E-state index in [4.69, 9.17) is 10.2 Å². The van der Waals surface area contributed by atoms with Crippen LogP contribution in [0, 0.1) is 5.92 Å². The second-order valence-electron chi connectivity index (χ2n) is 3.26. The highest BCUT2D eigenvalue weighted by atomic mass is 16.8. The minimum Gasteiger partial charge on any atom is -0.481 e. The lowest BCUT2D eigenvalue weighted by Crippen LogP contribution is -2.26. The Morgan fingerprint density at radius 2 is 2.12 bits per heavy atom. The summed E-state index contributed by atoms with van der Waals surface area (Å²) in [5.74, 6) is -4.01. The molecule has 0 aromatic carbocycles. The van der Waals surface area contributed by atoms with Gasteiger partial charge in [0.25, 0.3) is 0 Å². The van der Waals surface area contributed by atoms with Crippen molar-refractivity contribution in [1.82, 2.24) is 0 Å². The van der Waals surface area contributed by atoms with Gasteiger partial charge in [0.15, 0.2) is 0 Å². The molecule has 2 unspecified atom stereocenters. The minimum atomic E-state index is -1.39. The molecule has 1 fully saturated rings. The number of rotatable bonds is 5. The highest BCUT2D eigenvalue weighted by Crippen LogP contribution is 2.21. The average molecular weight is 230 g/mol. The zero-order valence-corrected chi connectivity index (χ0v) is 8.21. The molecular weight excluding hydrogens is 220 g/mol. The Balaban J connectivity index is 2.65. The average Bonchev–Trinajstić information content (AvgIpc) is 2.59. The van der Waals surface area contributed by atoms with E-state index in [9.17, 15) is 14.4 Å². The van der Waals surface area contributed by atoms with Gasteiger partial charge < -0.3 is 19.7 Å². The molecule has 0 radical (unpaired) electrons. The number of hydrogen-bond acceptors (Lipinski definition) is 5. The summed E-state index contributed by atoms with van der Waals surface area (Å²) in [6.07, 6.45) is -1.79. The zero-order chi connectivity index (χ0) is 12.3. The van der Waals surface area contributed by atoms with Crippen molar-refractivity contribution in [3.05, 3.63) is 12.2 Å². The van der Waals surface area contributed by atoms with Crippen LogP contribution in [0.5, 0.6) is 0 Å². The van der Waals surface area contributed by atoms with Gasteiger partial charge in [0.1, 0.15) is 12.7 Å². The van der Waals surface area contributed by atoms with Crippen LogP contribution in [-0.4, -0.2) is 41.0 Å². The Morgan fingerprint density at radius 3 is 2.50 bits per heavy atom. The van der Waals surface area contributed by atoms with Gasteiger partial charge in [0.05, 0.1) is 5.92 Å². The van der Waals surface area contributed by atoms with Crippen molar-refractivity contribution in [2.24, 2.45) is 5.92 Å². The van der Waals surface area contributed by atoms with Crippen LogP contribution in [0.3, 0.4) is 0 Å². The molecule has 1 heterocycles. The number of cyclic esters (lactones) is 2. The third-order valence-corrected chi connectivity index (χ3v) is 2.14. The molecule has 1 aliphatic heterocycles. The Labute approximate surface area is 90.3 Å². The van der Waals surface area contributed by atoms with Gasteiger partial charge in [-0.25, -0.2) is 9.59 Å². The van der Waals surface area contributed by atoms with Gasteiger partial charge in [-0.15, -0.1) is 0 Å². The van der Waals surface area contributed by atoms with Gasteiger partial charge in [-0.05, 0) is 0 Å². The highest BCUT2D eigenvalue weighted by molar-refractivity contribution is 5.93. The molecule has 0 bridgehead atoms. The van der Waals surface area contributed by atoms with Gasteiger partial charge in [-0.3, -0.25) is 4.79 Å². The summed E-state index contributed by atoms with van der Waals surface area (Å²) in [5.41, 5.74) is -0.449. The van der Waals surface area contributed by atoms with Crippen molar-refractivity contribution in [2.75, 3.05) is 6.61 Å². The lowest BCUT2D eigenvalue weighted by atomic mass is 9.94. The summed E-state index contributed by atoms with van der Waals surface area (Å²) in [4.78, 5) is 32.0. The maximum atomic E-state index is 10.8. The molecule has 0 saturated carbocycles. The predicted molar refractivity (Wildman–Crippen MR) is 48.7 cm³/mol. The molecule has 0 aliphatic carbocycles. The molecule has 1 rings (SSSR count). The molecule has 2 N–H and O–H groups in total. The molecule has 0 spiro atoms. The van der Waals surface area contributed by atoms with Crippen LogP contribution >= 0.6 is 0 Å². The molecule has 0 aromatic rings. The van der Waals surface area contributed by atoms with Gasteiger partial charge in [0, 0.05) is 12.0 Å². The molecule has 16 heavy (non-hydrogen) atoms.